The quantitative estimate of drug-likeness (QED) is 0.535. The zero-order chi connectivity index (χ0) is 13.9. The minimum absolute atomic E-state index is 0.208. The van der Waals surface area contributed by atoms with E-state index in [9.17, 15) is 9.59 Å². The average Bonchev–Trinajstić information content (AvgIpc) is 2.44. The minimum Gasteiger partial charge on any atom is -0.469 e. The molecule has 0 spiro atoms. The fraction of sp³-hybridized carbons (Fsp3) is 0.467. The second kappa shape index (κ2) is 9.14. The van der Waals surface area contributed by atoms with Crippen molar-refractivity contribution < 1.29 is 19.1 Å². The molecule has 0 saturated carbocycles. The van der Waals surface area contributed by atoms with Crippen molar-refractivity contribution in [1.82, 2.24) is 0 Å². The van der Waals surface area contributed by atoms with Gasteiger partial charge < -0.3 is 9.47 Å². The van der Waals surface area contributed by atoms with Crippen LogP contribution in [-0.4, -0.2) is 25.7 Å². The predicted molar refractivity (Wildman–Crippen MR) is 71.6 cm³/mol. The van der Waals surface area contributed by atoms with E-state index in [0.29, 0.717) is 32.3 Å². The average molecular weight is 264 g/mol. The van der Waals surface area contributed by atoms with E-state index >= 15 is 0 Å². The van der Waals surface area contributed by atoms with Crippen LogP contribution in [0.15, 0.2) is 30.3 Å². The lowest BCUT2D eigenvalue weighted by Crippen LogP contribution is -2.08. The number of carbonyl (C=O) groups is 2. The summed E-state index contributed by atoms with van der Waals surface area (Å²) in [7, 11) is 1.36. The van der Waals surface area contributed by atoms with Gasteiger partial charge in [0.15, 0.2) is 0 Å². The molecule has 0 aliphatic carbocycles. The molecule has 0 aromatic heterocycles. The van der Waals surface area contributed by atoms with Gasteiger partial charge in [0, 0.05) is 19.3 Å². The normalized spacial score (nSPS) is 9.95. The van der Waals surface area contributed by atoms with Gasteiger partial charge in [-0.2, -0.15) is 0 Å². The number of esters is 2. The van der Waals surface area contributed by atoms with Gasteiger partial charge in [-0.3, -0.25) is 9.59 Å². The zero-order valence-electron chi connectivity index (χ0n) is 11.3. The van der Waals surface area contributed by atoms with Gasteiger partial charge in [-0.1, -0.05) is 30.3 Å². The fourth-order valence-electron chi connectivity index (χ4n) is 1.64. The SMILES string of the molecule is COC(=O)CCCCC(=O)OCCc1ccccc1. The minimum atomic E-state index is -0.238. The maximum Gasteiger partial charge on any atom is 0.305 e. The van der Waals surface area contributed by atoms with E-state index in [-0.39, 0.29) is 11.9 Å². The first-order valence-corrected chi connectivity index (χ1v) is 6.48. The van der Waals surface area contributed by atoms with Crippen molar-refractivity contribution in [2.45, 2.75) is 32.1 Å². The summed E-state index contributed by atoms with van der Waals surface area (Å²) >= 11 is 0. The highest BCUT2D eigenvalue weighted by atomic mass is 16.5. The van der Waals surface area contributed by atoms with Gasteiger partial charge in [0.2, 0.25) is 0 Å². The molecule has 4 heteroatoms. The van der Waals surface area contributed by atoms with Crippen molar-refractivity contribution in [3.05, 3.63) is 35.9 Å². The Morgan fingerprint density at radius 3 is 2.26 bits per heavy atom. The third-order valence-corrected chi connectivity index (χ3v) is 2.74. The molecule has 19 heavy (non-hydrogen) atoms. The maximum atomic E-state index is 11.4. The molecule has 0 radical (unpaired) electrons. The fourth-order valence-corrected chi connectivity index (χ4v) is 1.64. The summed E-state index contributed by atoms with van der Waals surface area (Å²) in [6, 6.07) is 9.89. The molecule has 0 amide bonds. The van der Waals surface area contributed by atoms with Crippen LogP contribution in [0.1, 0.15) is 31.2 Å². The highest BCUT2D eigenvalue weighted by Crippen LogP contribution is 2.04. The van der Waals surface area contributed by atoms with Crippen LogP contribution in [0.25, 0.3) is 0 Å². The number of benzene rings is 1. The Kier molecular flexibility index (Phi) is 7.32. The molecular weight excluding hydrogens is 244 g/mol. The second-order valence-electron chi connectivity index (χ2n) is 4.24. The van der Waals surface area contributed by atoms with Gasteiger partial charge in [0.25, 0.3) is 0 Å². The van der Waals surface area contributed by atoms with Gasteiger partial charge in [0.05, 0.1) is 13.7 Å². The summed E-state index contributed by atoms with van der Waals surface area (Å²) < 4.78 is 9.64. The second-order valence-corrected chi connectivity index (χ2v) is 4.24. The number of rotatable bonds is 8. The lowest BCUT2D eigenvalue weighted by molar-refractivity contribution is -0.144. The largest absolute Gasteiger partial charge is 0.469 e. The molecule has 0 bridgehead atoms. The highest BCUT2D eigenvalue weighted by molar-refractivity contribution is 5.70. The van der Waals surface area contributed by atoms with Crippen molar-refractivity contribution in [3.8, 4) is 0 Å². The van der Waals surface area contributed by atoms with Gasteiger partial charge in [-0.05, 0) is 18.4 Å². The van der Waals surface area contributed by atoms with Crippen LogP contribution >= 0.6 is 0 Å². The van der Waals surface area contributed by atoms with E-state index in [2.05, 4.69) is 4.74 Å². The Morgan fingerprint density at radius 2 is 1.63 bits per heavy atom. The van der Waals surface area contributed by atoms with E-state index in [1.807, 2.05) is 30.3 Å². The predicted octanol–water partition coefficient (Wildman–Crippen LogP) is 2.51. The molecule has 0 saturated heterocycles. The molecule has 0 fully saturated rings. The topological polar surface area (TPSA) is 52.6 Å². The molecule has 1 rings (SSSR count). The Labute approximate surface area is 113 Å². The Hall–Kier alpha value is -1.84. The third kappa shape index (κ3) is 7.24. The van der Waals surface area contributed by atoms with Crippen LogP contribution in [0.3, 0.4) is 0 Å². The first-order chi connectivity index (χ1) is 9.22. The molecule has 0 atom stereocenters. The number of methoxy groups -OCH3 is 1. The van der Waals surface area contributed by atoms with Crippen molar-refractivity contribution in [2.24, 2.45) is 0 Å². The zero-order valence-corrected chi connectivity index (χ0v) is 11.3. The highest BCUT2D eigenvalue weighted by Gasteiger charge is 2.05. The molecule has 0 heterocycles. The van der Waals surface area contributed by atoms with E-state index in [1.54, 1.807) is 0 Å². The molecule has 0 aliphatic rings. The number of hydrogen-bond donors (Lipinski definition) is 0. The summed E-state index contributed by atoms with van der Waals surface area (Å²) in [6.45, 7) is 0.403. The number of unbranched alkanes of at least 4 members (excludes halogenated alkanes) is 1. The van der Waals surface area contributed by atoms with Gasteiger partial charge >= 0.3 is 11.9 Å². The van der Waals surface area contributed by atoms with E-state index in [4.69, 9.17) is 4.74 Å². The molecule has 4 nitrogen and oxygen atoms in total. The molecule has 0 aliphatic heterocycles. The van der Waals surface area contributed by atoms with E-state index < -0.39 is 0 Å². The molecule has 0 unspecified atom stereocenters. The molecular formula is C15H20O4. The van der Waals surface area contributed by atoms with Crippen molar-refractivity contribution in [1.29, 1.82) is 0 Å². The summed E-state index contributed by atoms with van der Waals surface area (Å²) in [6.07, 6.45) is 2.74. The van der Waals surface area contributed by atoms with E-state index in [1.165, 1.54) is 7.11 Å². The van der Waals surface area contributed by atoms with Gasteiger partial charge in [0.1, 0.15) is 0 Å². The van der Waals surface area contributed by atoms with Crippen molar-refractivity contribution in [2.75, 3.05) is 13.7 Å². The van der Waals surface area contributed by atoms with Gasteiger partial charge in [-0.15, -0.1) is 0 Å². The summed E-state index contributed by atoms with van der Waals surface area (Å²) in [4.78, 5) is 22.3. The summed E-state index contributed by atoms with van der Waals surface area (Å²) in [5, 5.41) is 0. The van der Waals surface area contributed by atoms with Gasteiger partial charge in [-0.25, -0.2) is 0 Å². The van der Waals surface area contributed by atoms with Crippen LogP contribution in [0, 0.1) is 0 Å². The molecule has 1 aromatic rings. The summed E-state index contributed by atoms with van der Waals surface area (Å²) in [5.74, 6) is -0.446. The van der Waals surface area contributed by atoms with Crippen LogP contribution in [0.4, 0.5) is 0 Å². The van der Waals surface area contributed by atoms with Crippen LogP contribution < -0.4 is 0 Å². The number of hydrogen-bond acceptors (Lipinski definition) is 4. The lowest BCUT2D eigenvalue weighted by atomic mass is 10.2. The van der Waals surface area contributed by atoms with E-state index in [0.717, 1.165) is 12.0 Å². The molecule has 1 aromatic carbocycles. The Balaban J connectivity index is 2.04. The van der Waals surface area contributed by atoms with Crippen molar-refractivity contribution in [3.63, 3.8) is 0 Å². The Bertz CT molecular complexity index is 386. The van der Waals surface area contributed by atoms with Crippen molar-refractivity contribution >= 4 is 11.9 Å². The van der Waals surface area contributed by atoms with Crippen LogP contribution in [0.2, 0.25) is 0 Å². The number of ether oxygens (including phenoxy) is 2. The molecule has 104 valence electrons. The van der Waals surface area contributed by atoms with Crippen LogP contribution in [-0.2, 0) is 25.5 Å². The third-order valence-electron chi connectivity index (χ3n) is 2.74. The number of carbonyl (C=O) groups excluding carboxylic acids is 2. The first kappa shape index (κ1) is 15.2. The smallest absolute Gasteiger partial charge is 0.305 e. The Morgan fingerprint density at radius 1 is 1.00 bits per heavy atom. The maximum absolute atomic E-state index is 11.4. The lowest BCUT2D eigenvalue weighted by Gasteiger charge is -2.05. The first-order valence-electron chi connectivity index (χ1n) is 6.48. The molecule has 0 N–H and O–H groups in total. The standard InChI is InChI=1S/C15H20O4/c1-18-14(16)9-5-6-10-15(17)19-12-11-13-7-3-2-4-8-13/h2-4,7-8H,5-6,9-12H2,1H3. The summed E-state index contributed by atoms with van der Waals surface area (Å²) in [5.41, 5.74) is 1.15. The van der Waals surface area contributed by atoms with Crippen LogP contribution in [0.5, 0.6) is 0 Å². The monoisotopic (exact) mass is 264 g/mol.